The van der Waals surface area contributed by atoms with Crippen molar-refractivity contribution in [2.24, 2.45) is 0 Å². The summed E-state index contributed by atoms with van der Waals surface area (Å²) in [4.78, 5) is 2.34. The molecule has 0 N–H and O–H groups in total. The molecule has 0 fully saturated rings. The Bertz CT molecular complexity index is 259. The van der Waals surface area contributed by atoms with Gasteiger partial charge in [0.15, 0.2) is 0 Å². The molecule has 0 amide bonds. The number of alkyl halides is 1. The molecule has 3 heteroatoms. The van der Waals surface area contributed by atoms with Crippen LogP contribution in [0.2, 0.25) is 0 Å². The minimum absolute atomic E-state index is 0. The van der Waals surface area contributed by atoms with E-state index in [2.05, 4.69) is 43.0 Å². The second-order valence-electron chi connectivity index (χ2n) is 3.54. The Hall–Kier alpha value is -0.240. The molecule has 0 saturated carbocycles. The minimum Gasteiger partial charge on any atom is -0.298 e. The van der Waals surface area contributed by atoms with Crippen LogP contribution in [0.4, 0.5) is 0 Å². The molecule has 0 spiro atoms. The van der Waals surface area contributed by atoms with E-state index in [1.807, 2.05) is 0 Å². The molecule has 1 nitrogen and oxygen atoms in total. The van der Waals surface area contributed by atoms with Crippen molar-refractivity contribution in [1.29, 1.82) is 0 Å². The van der Waals surface area contributed by atoms with E-state index < -0.39 is 0 Å². The Labute approximate surface area is 104 Å². The molecule has 1 aromatic carbocycles. The molecular formula is C12H19Cl2N. The van der Waals surface area contributed by atoms with Gasteiger partial charge in [0, 0.05) is 19.0 Å². The summed E-state index contributed by atoms with van der Waals surface area (Å²) in [6, 6.07) is 8.69. The van der Waals surface area contributed by atoms with E-state index in [0.29, 0.717) is 5.88 Å². The Kier molecular flexibility index (Phi) is 7.85. The molecule has 15 heavy (non-hydrogen) atoms. The van der Waals surface area contributed by atoms with Crippen molar-refractivity contribution in [3.05, 3.63) is 35.4 Å². The maximum absolute atomic E-state index is 5.72. The molecule has 0 aromatic heterocycles. The summed E-state index contributed by atoms with van der Waals surface area (Å²) in [6.45, 7) is 7.30. The first-order chi connectivity index (χ1) is 6.76. The van der Waals surface area contributed by atoms with E-state index in [1.165, 1.54) is 11.1 Å². The van der Waals surface area contributed by atoms with Crippen molar-refractivity contribution in [2.45, 2.75) is 20.4 Å². The zero-order chi connectivity index (χ0) is 10.4. The van der Waals surface area contributed by atoms with Crippen LogP contribution in [0.3, 0.4) is 0 Å². The summed E-state index contributed by atoms with van der Waals surface area (Å²) in [5.74, 6) is 0.708. The van der Waals surface area contributed by atoms with Gasteiger partial charge in [0.05, 0.1) is 0 Å². The molecule has 1 rings (SSSR count). The van der Waals surface area contributed by atoms with Gasteiger partial charge in [-0.15, -0.1) is 24.0 Å². The number of aryl methyl sites for hydroxylation is 1. The zero-order valence-electron chi connectivity index (χ0n) is 9.37. The molecule has 86 valence electrons. The Morgan fingerprint density at radius 2 is 1.80 bits per heavy atom. The topological polar surface area (TPSA) is 3.24 Å². The minimum atomic E-state index is 0. The van der Waals surface area contributed by atoms with Gasteiger partial charge in [0.1, 0.15) is 0 Å². The lowest BCUT2D eigenvalue weighted by molar-refractivity contribution is 0.297. The highest BCUT2D eigenvalue weighted by Gasteiger charge is 2.01. The monoisotopic (exact) mass is 247 g/mol. The van der Waals surface area contributed by atoms with Crippen molar-refractivity contribution < 1.29 is 0 Å². The van der Waals surface area contributed by atoms with Crippen LogP contribution in [0, 0.1) is 6.92 Å². The molecule has 1 aromatic rings. The fourth-order valence-electron chi connectivity index (χ4n) is 1.42. The summed E-state index contributed by atoms with van der Waals surface area (Å²) in [5.41, 5.74) is 2.68. The van der Waals surface area contributed by atoms with Crippen molar-refractivity contribution >= 4 is 24.0 Å². The standard InChI is InChI=1S/C12H18ClN.ClH/c1-3-14(9-8-13)10-12-6-4-11(2)5-7-12;/h4-7H,3,8-10H2,1-2H3;1H. The second-order valence-corrected chi connectivity index (χ2v) is 3.92. The first kappa shape index (κ1) is 14.8. The SMILES string of the molecule is CCN(CCCl)Cc1ccc(C)cc1.Cl. The molecule has 0 aliphatic carbocycles. The lowest BCUT2D eigenvalue weighted by Crippen LogP contribution is -2.24. The molecule has 0 radical (unpaired) electrons. The average molecular weight is 248 g/mol. The highest BCUT2D eigenvalue weighted by Crippen LogP contribution is 2.06. The van der Waals surface area contributed by atoms with Crippen molar-refractivity contribution in [3.63, 3.8) is 0 Å². The predicted octanol–water partition coefficient (Wildman–Crippen LogP) is 3.48. The van der Waals surface area contributed by atoms with Crippen LogP contribution in [0.1, 0.15) is 18.1 Å². The van der Waals surface area contributed by atoms with E-state index in [9.17, 15) is 0 Å². The van der Waals surface area contributed by atoms with Crippen LogP contribution in [-0.4, -0.2) is 23.9 Å². The Morgan fingerprint density at radius 3 is 2.27 bits per heavy atom. The van der Waals surface area contributed by atoms with E-state index in [1.54, 1.807) is 0 Å². The van der Waals surface area contributed by atoms with Gasteiger partial charge in [-0.2, -0.15) is 0 Å². The second kappa shape index (κ2) is 7.98. The largest absolute Gasteiger partial charge is 0.298 e. The van der Waals surface area contributed by atoms with Gasteiger partial charge in [-0.1, -0.05) is 36.8 Å². The molecule has 0 saturated heterocycles. The normalized spacial score (nSPS) is 10.1. The van der Waals surface area contributed by atoms with Crippen LogP contribution in [0.5, 0.6) is 0 Å². The molecule has 0 atom stereocenters. The van der Waals surface area contributed by atoms with Crippen molar-refractivity contribution in [1.82, 2.24) is 4.90 Å². The van der Waals surface area contributed by atoms with Gasteiger partial charge in [-0.3, -0.25) is 4.90 Å². The molecule has 0 bridgehead atoms. The first-order valence-corrected chi connectivity index (χ1v) is 5.63. The number of benzene rings is 1. The van der Waals surface area contributed by atoms with Crippen LogP contribution >= 0.6 is 24.0 Å². The summed E-state index contributed by atoms with van der Waals surface area (Å²) < 4.78 is 0. The van der Waals surface area contributed by atoms with Crippen LogP contribution in [0.15, 0.2) is 24.3 Å². The molecule has 0 unspecified atom stereocenters. The number of rotatable bonds is 5. The molecule has 0 aliphatic rings. The third-order valence-corrected chi connectivity index (χ3v) is 2.54. The fourth-order valence-corrected chi connectivity index (χ4v) is 1.66. The smallest absolute Gasteiger partial charge is 0.0351 e. The van der Waals surface area contributed by atoms with Gasteiger partial charge in [0.25, 0.3) is 0 Å². The highest BCUT2D eigenvalue weighted by molar-refractivity contribution is 6.18. The zero-order valence-corrected chi connectivity index (χ0v) is 10.9. The molecule has 0 aliphatic heterocycles. The van der Waals surface area contributed by atoms with Gasteiger partial charge in [-0.05, 0) is 19.0 Å². The maximum Gasteiger partial charge on any atom is 0.0351 e. The van der Waals surface area contributed by atoms with Crippen molar-refractivity contribution in [3.8, 4) is 0 Å². The van der Waals surface area contributed by atoms with E-state index in [4.69, 9.17) is 11.6 Å². The third-order valence-electron chi connectivity index (χ3n) is 2.37. The number of halogens is 2. The van der Waals surface area contributed by atoms with E-state index in [-0.39, 0.29) is 12.4 Å². The number of nitrogens with zero attached hydrogens (tertiary/aromatic N) is 1. The van der Waals surface area contributed by atoms with Gasteiger partial charge in [0.2, 0.25) is 0 Å². The summed E-state index contributed by atoms with van der Waals surface area (Å²) >= 11 is 5.72. The summed E-state index contributed by atoms with van der Waals surface area (Å²) in [5, 5.41) is 0. The first-order valence-electron chi connectivity index (χ1n) is 5.10. The van der Waals surface area contributed by atoms with Gasteiger partial charge < -0.3 is 0 Å². The van der Waals surface area contributed by atoms with E-state index in [0.717, 1.165) is 19.6 Å². The maximum atomic E-state index is 5.72. The number of hydrogen-bond acceptors (Lipinski definition) is 1. The summed E-state index contributed by atoms with van der Waals surface area (Å²) in [7, 11) is 0. The van der Waals surface area contributed by atoms with Crippen LogP contribution in [-0.2, 0) is 6.54 Å². The lowest BCUT2D eigenvalue weighted by Gasteiger charge is -2.18. The predicted molar refractivity (Wildman–Crippen MR) is 70.1 cm³/mol. The summed E-state index contributed by atoms with van der Waals surface area (Å²) in [6.07, 6.45) is 0. The van der Waals surface area contributed by atoms with E-state index >= 15 is 0 Å². The molecular weight excluding hydrogens is 229 g/mol. The quantitative estimate of drug-likeness (QED) is 0.721. The lowest BCUT2D eigenvalue weighted by atomic mass is 10.1. The third kappa shape index (κ3) is 5.41. The number of hydrogen-bond donors (Lipinski definition) is 0. The van der Waals surface area contributed by atoms with Crippen LogP contribution in [0.25, 0.3) is 0 Å². The van der Waals surface area contributed by atoms with Gasteiger partial charge in [-0.25, -0.2) is 0 Å². The Balaban J connectivity index is 0.00000196. The van der Waals surface area contributed by atoms with Crippen molar-refractivity contribution in [2.75, 3.05) is 19.0 Å². The fraction of sp³-hybridized carbons (Fsp3) is 0.500. The average Bonchev–Trinajstić information content (AvgIpc) is 2.20. The van der Waals surface area contributed by atoms with Gasteiger partial charge >= 0.3 is 0 Å². The Morgan fingerprint density at radius 1 is 1.20 bits per heavy atom. The molecule has 0 heterocycles. The highest BCUT2D eigenvalue weighted by atomic mass is 35.5. The van der Waals surface area contributed by atoms with Crippen LogP contribution < -0.4 is 0 Å².